The van der Waals surface area contributed by atoms with Gasteiger partial charge in [-0.3, -0.25) is 14.9 Å². The van der Waals surface area contributed by atoms with Crippen LogP contribution < -0.4 is 10.2 Å². The summed E-state index contributed by atoms with van der Waals surface area (Å²) in [6.45, 7) is 0.446. The zero-order valence-corrected chi connectivity index (χ0v) is 19.0. The molecule has 3 rings (SSSR count). The monoisotopic (exact) mass is 580 g/mol. The van der Waals surface area contributed by atoms with Gasteiger partial charge in [0.05, 0.1) is 19.2 Å². The van der Waals surface area contributed by atoms with Crippen LogP contribution in [0, 0.1) is 13.7 Å². The van der Waals surface area contributed by atoms with Crippen molar-refractivity contribution in [2.75, 3.05) is 0 Å². The Morgan fingerprint density at radius 1 is 1.27 bits per heavy atom. The highest BCUT2D eigenvalue weighted by molar-refractivity contribution is 14.1. The first kappa shape index (κ1) is 21.8. The molecular formula is C20H14BrIN4O4. The van der Waals surface area contributed by atoms with Gasteiger partial charge in [0.2, 0.25) is 0 Å². The molecule has 8 nitrogen and oxygen atoms in total. The van der Waals surface area contributed by atoms with Crippen LogP contribution in [0.4, 0.5) is 5.69 Å². The van der Waals surface area contributed by atoms with Gasteiger partial charge in [-0.15, -0.1) is 0 Å². The molecule has 3 aromatic rings. The van der Waals surface area contributed by atoms with Crippen molar-refractivity contribution in [2.24, 2.45) is 5.10 Å². The van der Waals surface area contributed by atoms with Crippen molar-refractivity contribution in [1.82, 2.24) is 10.4 Å². The molecule has 0 radical (unpaired) electrons. The molecule has 1 aromatic heterocycles. The zero-order valence-electron chi connectivity index (χ0n) is 15.3. The van der Waals surface area contributed by atoms with Crippen LogP contribution in [-0.2, 0) is 6.61 Å². The summed E-state index contributed by atoms with van der Waals surface area (Å²) < 4.78 is 7.55. The highest BCUT2D eigenvalue weighted by atomic mass is 127. The lowest BCUT2D eigenvalue weighted by Crippen LogP contribution is -2.18. The van der Waals surface area contributed by atoms with Crippen molar-refractivity contribution in [3.8, 4) is 5.75 Å². The topological polar surface area (TPSA) is 107 Å². The second kappa shape index (κ2) is 10.3. The van der Waals surface area contributed by atoms with Gasteiger partial charge in [0.1, 0.15) is 24.2 Å². The number of carbonyl (C=O) groups is 1. The molecule has 1 amide bonds. The number of benzene rings is 2. The van der Waals surface area contributed by atoms with E-state index in [1.54, 1.807) is 0 Å². The van der Waals surface area contributed by atoms with Crippen molar-refractivity contribution in [3.05, 3.63) is 95.8 Å². The van der Waals surface area contributed by atoms with Crippen molar-refractivity contribution in [3.63, 3.8) is 0 Å². The molecule has 0 aliphatic rings. The van der Waals surface area contributed by atoms with E-state index >= 15 is 0 Å². The van der Waals surface area contributed by atoms with E-state index in [1.165, 1.54) is 18.3 Å². The minimum absolute atomic E-state index is 0.0261. The largest absolute Gasteiger partial charge is 0.487 e. The van der Waals surface area contributed by atoms with Crippen molar-refractivity contribution in [2.45, 2.75) is 6.61 Å². The Bertz CT molecular complexity index is 1070. The summed E-state index contributed by atoms with van der Waals surface area (Å²) in [6.07, 6.45) is 2.50. The molecule has 0 bridgehead atoms. The van der Waals surface area contributed by atoms with Gasteiger partial charge in [-0.1, -0.05) is 30.3 Å². The first-order valence-electron chi connectivity index (χ1n) is 8.53. The summed E-state index contributed by atoms with van der Waals surface area (Å²) in [5.41, 5.74) is 3.99. The summed E-state index contributed by atoms with van der Waals surface area (Å²) in [4.78, 5) is 25.8. The van der Waals surface area contributed by atoms with Gasteiger partial charge in [-0.25, -0.2) is 10.4 Å². The van der Waals surface area contributed by atoms with E-state index in [2.05, 4.69) is 54.0 Å². The van der Waals surface area contributed by atoms with Gasteiger partial charge in [0.25, 0.3) is 11.6 Å². The van der Waals surface area contributed by atoms with Gasteiger partial charge >= 0.3 is 0 Å². The number of halogens is 2. The molecule has 0 saturated heterocycles. The molecule has 152 valence electrons. The number of pyridine rings is 1. The van der Waals surface area contributed by atoms with E-state index < -0.39 is 10.8 Å². The Hall–Kier alpha value is -2.86. The van der Waals surface area contributed by atoms with E-state index in [0.717, 1.165) is 31.1 Å². The minimum Gasteiger partial charge on any atom is -0.487 e. The molecule has 0 saturated carbocycles. The molecule has 0 fully saturated rings. The van der Waals surface area contributed by atoms with Gasteiger partial charge in [0, 0.05) is 6.07 Å². The van der Waals surface area contributed by atoms with E-state index in [0.29, 0.717) is 6.61 Å². The summed E-state index contributed by atoms with van der Waals surface area (Å²) in [7, 11) is 0. The predicted molar refractivity (Wildman–Crippen MR) is 124 cm³/mol. The van der Waals surface area contributed by atoms with Gasteiger partial charge in [-0.2, -0.15) is 5.10 Å². The van der Waals surface area contributed by atoms with E-state index in [4.69, 9.17) is 4.74 Å². The quantitative estimate of drug-likeness (QED) is 0.189. The van der Waals surface area contributed by atoms with Crippen molar-refractivity contribution < 1.29 is 14.5 Å². The Morgan fingerprint density at radius 3 is 2.67 bits per heavy atom. The molecule has 10 heteroatoms. The van der Waals surface area contributed by atoms with E-state index in [9.17, 15) is 14.9 Å². The Kier molecular flexibility index (Phi) is 7.46. The van der Waals surface area contributed by atoms with Crippen LogP contribution in [0.2, 0.25) is 0 Å². The van der Waals surface area contributed by atoms with Crippen LogP contribution in [-0.4, -0.2) is 22.0 Å². The number of rotatable bonds is 7. The molecule has 1 N–H and O–H groups in total. The maximum atomic E-state index is 12.0. The van der Waals surface area contributed by atoms with Crippen LogP contribution >= 0.6 is 38.5 Å². The summed E-state index contributed by atoms with van der Waals surface area (Å²) in [5.74, 6) is 0.147. The molecule has 0 aliphatic carbocycles. The standard InChI is InChI=1S/C20H14BrIN4O4/c21-16-8-14(9-17(22)19(16)30-12-13-4-2-1-3-5-13)10-24-25-20(27)18-7-6-15(11-23-18)26(28)29/h1-11H,12H2,(H,25,27)/b24-10+. The Labute approximate surface area is 193 Å². The number of amides is 1. The van der Waals surface area contributed by atoms with Crippen LogP contribution in [0.5, 0.6) is 5.75 Å². The third-order valence-corrected chi connectivity index (χ3v) is 5.21. The molecular weight excluding hydrogens is 567 g/mol. The second-order valence-electron chi connectivity index (χ2n) is 5.95. The van der Waals surface area contributed by atoms with Crippen LogP contribution in [0.3, 0.4) is 0 Å². The molecule has 0 unspecified atom stereocenters. The van der Waals surface area contributed by atoms with Gasteiger partial charge < -0.3 is 4.74 Å². The zero-order chi connectivity index (χ0) is 21.5. The smallest absolute Gasteiger partial charge is 0.289 e. The first-order valence-corrected chi connectivity index (χ1v) is 10.4. The highest BCUT2D eigenvalue weighted by Gasteiger charge is 2.11. The SMILES string of the molecule is O=C(N/N=C/c1cc(Br)c(OCc2ccccc2)c(I)c1)c1ccc([N+](=O)[O-])cn1. The maximum Gasteiger partial charge on any atom is 0.289 e. The number of ether oxygens (including phenoxy) is 1. The molecule has 2 aromatic carbocycles. The first-order chi connectivity index (χ1) is 14.4. The lowest BCUT2D eigenvalue weighted by molar-refractivity contribution is -0.385. The van der Waals surface area contributed by atoms with E-state index in [-0.39, 0.29) is 11.4 Å². The molecule has 0 spiro atoms. The maximum absolute atomic E-state index is 12.0. The lowest BCUT2D eigenvalue weighted by atomic mass is 10.2. The third kappa shape index (κ3) is 5.83. The van der Waals surface area contributed by atoms with Gasteiger partial charge in [0.15, 0.2) is 0 Å². The molecule has 0 aliphatic heterocycles. The fourth-order valence-electron chi connectivity index (χ4n) is 2.37. The number of nitro groups is 1. The Morgan fingerprint density at radius 2 is 2.03 bits per heavy atom. The predicted octanol–water partition coefficient (Wildman–Crippen LogP) is 4.70. The lowest BCUT2D eigenvalue weighted by Gasteiger charge is -2.11. The molecule has 1 heterocycles. The summed E-state index contributed by atoms with van der Waals surface area (Å²) in [6, 6.07) is 16.0. The van der Waals surface area contributed by atoms with Crippen molar-refractivity contribution in [1.29, 1.82) is 0 Å². The Balaban J connectivity index is 1.62. The average molecular weight is 581 g/mol. The normalized spacial score (nSPS) is 10.7. The van der Waals surface area contributed by atoms with Crippen LogP contribution in [0.25, 0.3) is 0 Å². The average Bonchev–Trinajstić information content (AvgIpc) is 2.74. The van der Waals surface area contributed by atoms with E-state index in [1.807, 2.05) is 42.5 Å². The summed E-state index contributed by atoms with van der Waals surface area (Å²) >= 11 is 5.67. The number of hydrazone groups is 1. The number of hydrogen-bond donors (Lipinski definition) is 1. The fraction of sp³-hybridized carbons (Fsp3) is 0.0500. The second-order valence-corrected chi connectivity index (χ2v) is 7.96. The highest BCUT2D eigenvalue weighted by Crippen LogP contribution is 2.32. The van der Waals surface area contributed by atoms with Gasteiger partial charge in [-0.05, 0) is 67.8 Å². The van der Waals surface area contributed by atoms with Crippen LogP contribution in [0.1, 0.15) is 21.6 Å². The van der Waals surface area contributed by atoms with Crippen LogP contribution in [0.15, 0.2) is 70.4 Å². The summed E-state index contributed by atoms with van der Waals surface area (Å²) in [5, 5.41) is 14.5. The number of nitrogens with one attached hydrogen (secondary N) is 1. The molecule has 30 heavy (non-hydrogen) atoms. The number of hydrogen-bond acceptors (Lipinski definition) is 6. The third-order valence-electron chi connectivity index (χ3n) is 3.82. The molecule has 0 atom stereocenters. The number of carbonyl (C=O) groups excluding carboxylic acids is 1. The minimum atomic E-state index is -0.584. The fourth-order valence-corrected chi connectivity index (χ4v) is 4.14. The number of nitrogens with zero attached hydrogens (tertiary/aromatic N) is 3. The van der Waals surface area contributed by atoms with Crippen molar-refractivity contribution >= 4 is 56.3 Å². The number of aromatic nitrogens is 1.